The van der Waals surface area contributed by atoms with E-state index >= 15 is 0 Å². The van der Waals surface area contributed by atoms with Gasteiger partial charge in [0.15, 0.2) is 0 Å². The lowest BCUT2D eigenvalue weighted by molar-refractivity contribution is 0.0729. The van der Waals surface area contributed by atoms with Crippen molar-refractivity contribution in [3.05, 3.63) is 59.4 Å². The minimum absolute atomic E-state index is 0.0734. The molecule has 3 rings (SSSR count). The van der Waals surface area contributed by atoms with Gasteiger partial charge in [-0.2, -0.15) is 4.31 Å². The van der Waals surface area contributed by atoms with Gasteiger partial charge in [0.05, 0.1) is 13.2 Å². The molecular weight excluding hydrogens is 395 g/mol. The zero-order valence-corrected chi connectivity index (χ0v) is 17.3. The fraction of sp³-hybridized carbons (Fsp3) is 0.381. The smallest absolute Gasteiger partial charge is 0.255 e. The highest BCUT2D eigenvalue weighted by molar-refractivity contribution is 7.89. The molecule has 1 heterocycles. The van der Waals surface area contributed by atoms with Crippen molar-refractivity contribution in [3.63, 3.8) is 0 Å². The largest absolute Gasteiger partial charge is 0.379 e. The number of benzene rings is 2. The summed E-state index contributed by atoms with van der Waals surface area (Å²) >= 11 is 0. The highest BCUT2D eigenvalue weighted by Crippen LogP contribution is 2.23. The van der Waals surface area contributed by atoms with Crippen molar-refractivity contribution in [1.29, 1.82) is 0 Å². The Morgan fingerprint density at radius 2 is 1.83 bits per heavy atom. The third kappa shape index (κ3) is 4.83. The molecule has 2 aromatic carbocycles. The van der Waals surface area contributed by atoms with E-state index in [1.807, 2.05) is 12.1 Å². The molecule has 29 heavy (non-hydrogen) atoms. The van der Waals surface area contributed by atoms with Gasteiger partial charge >= 0.3 is 0 Å². The molecule has 0 bridgehead atoms. The molecular formula is C21H25FN2O4S. The van der Waals surface area contributed by atoms with Gasteiger partial charge in [0.1, 0.15) is 10.7 Å². The van der Waals surface area contributed by atoms with Crippen molar-refractivity contribution >= 4 is 21.6 Å². The molecule has 1 atom stereocenters. The molecule has 1 aliphatic heterocycles. The topological polar surface area (TPSA) is 75.7 Å². The number of ether oxygens (including phenoxy) is 1. The number of halogens is 1. The van der Waals surface area contributed by atoms with Crippen LogP contribution in [0.15, 0.2) is 47.4 Å². The van der Waals surface area contributed by atoms with Crippen LogP contribution in [0.25, 0.3) is 0 Å². The fourth-order valence-corrected chi connectivity index (χ4v) is 4.60. The number of rotatable bonds is 6. The number of carbonyl (C=O) groups excluding carboxylic acids is 1. The molecule has 0 aliphatic carbocycles. The van der Waals surface area contributed by atoms with Crippen LogP contribution >= 0.6 is 0 Å². The van der Waals surface area contributed by atoms with Gasteiger partial charge in [-0.15, -0.1) is 0 Å². The zero-order chi connectivity index (χ0) is 21.0. The predicted molar refractivity (Wildman–Crippen MR) is 109 cm³/mol. The lowest BCUT2D eigenvalue weighted by atomic mass is 9.98. The monoisotopic (exact) mass is 420 g/mol. The van der Waals surface area contributed by atoms with Crippen molar-refractivity contribution in [2.24, 2.45) is 0 Å². The summed E-state index contributed by atoms with van der Waals surface area (Å²) in [6, 6.07) is 10.9. The molecule has 2 aromatic rings. The number of hydrogen-bond donors (Lipinski definition) is 1. The van der Waals surface area contributed by atoms with E-state index in [0.717, 1.165) is 18.6 Å². The molecule has 156 valence electrons. The Kier molecular flexibility index (Phi) is 6.66. The lowest BCUT2D eigenvalue weighted by Crippen LogP contribution is -2.41. The van der Waals surface area contributed by atoms with Gasteiger partial charge < -0.3 is 10.1 Å². The van der Waals surface area contributed by atoms with Gasteiger partial charge in [-0.05, 0) is 48.2 Å². The van der Waals surface area contributed by atoms with E-state index in [0.29, 0.717) is 11.6 Å². The third-order valence-corrected chi connectivity index (χ3v) is 7.04. The molecule has 1 fully saturated rings. The number of nitrogens with one attached hydrogen (secondary N) is 1. The maximum absolute atomic E-state index is 14.3. The van der Waals surface area contributed by atoms with Crippen LogP contribution < -0.4 is 5.32 Å². The van der Waals surface area contributed by atoms with Crippen LogP contribution in [-0.2, 0) is 14.8 Å². The van der Waals surface area contributed by atoms with Gasteiger partial charge in [-0.1, -0.05) is 26.0 Å². The van der Waals surface area contributed by atoms with Crippen LogP contribution in [0.1, 0.15) is 42.1 Å². The van der Waals surface area contributed by atoms with E-state index < -0.39 is 26.6 Å². The molecule has 1 saturated heterocycles. The first-order chi connectivity index (χ1) is 13.8. The highest BCUT2D eigenvalue weighted by atomic mass is 32.2. The third-order valence-electron chi connectivity index (χ3n) is 5.13. The minimum Gasteiger partial charge on any atom is -0.379 e. The molecule has 1 amide bonds. The molecule has 1 aliphatic rings. The van der Waals surface area contributed by atoms with Crippen molar-refractivity contribution in [1.82, 2.24) is 4.31 Å². The molecule has 6 nitrogen and oxygen atoms in total. The summed E-state index contributed by atoms with van der Waals surface area (Å²) < 4.78 is 46.2. The predicted octanol–water partition coefficient (Wildman–Crippen LogP) is 3.61. The normalized spacial score (nSPS) is 16.4. The van der Waals surface area contributed by atoms with Crippen LogP contribution in [0.5, 0.6) is 0 Å². The summed E-state index contributed by atoms with van der Waals surface area (Å²) in [7, 11) is -4.04. The van der Waals surface area contributed by atoms with Gasteiger partial charge in [0, 0.05) is 24.3 Å². The molecule has 0 aromatic heterocycles. The molecule has 0 saturated carbocycles. The van der Waals surface area contributed by atoms with Crippen molar-refractivity contribution < 1.29 is 22.3 Å². The first-order valence-electron chi connectivity index (χ1n) is 9.61. The number of anilines is 1. The SMILES string of the molecule is CC[C@@H](C)c1ccc(NC(=O)c2ccc(F)c(S(=O)(=O)N3CCOCC3)c2)cc1. The van der Waals surface area contributed by atoms with Crippen LogP contribution in [0, 0.1) is 5.82 Å². The molecule has 0 spiro atoms. The van der Waals surface area contributed by atoms with Gasteiger partial charge in [0.25, 0.3) is 5.91 Å². The summed E-state index contributed by atoms with van der Waals surface area (Å²) in [4.78, 5) is 12.1. The van der Waals surface area contributed by atoms with Crippen molar-refractivity contribution in [2.75, 3.05) is 31.6 Å². The lowest BCUT2D eigenvalue weighted by Gasteiger charge is -2.26. The second-order valence-electron chi connectivity index (χ2n) is 7.05. The van der Waals surface area contributed by atoms with E-state index in [1.165, 1.54) is 15.9 Å². The van der Waals surface area contributed by atoms with Gasteiger partial charge in [-0.25, -0.2) is 12.8 Å². The second kappa shape index (κ2) is 9.02. The first kappa shape index (κ1) is 21.4. The van der Waals surface area contributed by atoms with Crippen molar-refractivity contribution in [2.45, 2.75) is 31.1 Å². The average Bonchev–Trinajstić information content (AvgIpc) is 2.74. The number of morpholine rings is 1. The maximum Gasteiger partial charge on any atom is 0.255 e. The Bertz CT molecular complexity index is 971. The zero-order valence-electron chi connectivity index (χ0n) is 16.5. The minimum atomic E-state index is -4.04. The Morgan fingerprint density at radius 1 is 1.17 bits per heavy atom. The van der Waals surface area contributed by atoms with E-state index in [4.69, 9.17) is 4.74 Å². The number of nitrogens with zero attached hydrogens (tertiary/aromatic N) is 1. The fourth-order valence-electron chi connectivity index (χ4n) is 3.10. The summed E-state index contributed by atoms with van der Waals surface area (Å²) in [5.41, 5.74) is 1.83. The average molecular weight is 421 g/mol. The molecule has 8 heteroatoms. The Balaban J connectivity index is 1.80. The van der Waals surface area contributed by atoms with E-state index in [9.17, 15) is 17.6 Å². The second-order valence-corrected chi connectivity index (χ2v) is 8.95. The highest BCUT2D eigenvalue weighted by Gasteiger charge is 2.29. The molecule has 1 N–H and O–H groups in total. The quantitative estimate of drug-likeness (QED) is 0.775. The van der Waals surface area contributed by atoms with Crippen molar-refractivity contribution in [3.8, 4) is 0 Å². The summed E-state index contributed by atoms with van der Waals surface area (Å²) in [6.07, 6.45) is 1.02. The number of sulfonamides is 1. The summed E-state index contributed by atoms with van der Waals surface area (Å²) in [6.45, 7) is 5.06. The number of hydrogen-bond acceptors (Lipinski definition) is 4. The Labute approximate surface area is 170 Å². The van der Waals surface area contributed by atoms with Gasteiger partial charge in [-0.3, -0.25) is 4.79 Å². The Hall–Kier alpha value is -2.29. The summed E-state index contributed by atoms with van der Waals surface area (Å²) in [5.74, 6) is -0.963. The number of amides is 1. The summed E-state index contributed by atoms with van der Waals surface area (Å²) in [5, 5.41) is 2.73. The maximum atomic E-state index is 14.3. The molecule has 0 radical (unpaired) electrons. The van der Waals surface area contributed by atoms with Crippen LogP contribution in [-0.4, -0.2) is 44.9 Å². The van der Waals surface area contributed by atoms with E-state index in [2.05, 4.69) is 19.2 Å². The Morgan fingerprint density at radius 3 is 2.45 bits per heavy atom. The standard InChI is InChI=1S/C21H25FN2O4S/c1-3-15(2)16-4-7-18(8-5-16)23-21(25)17-6-9-19(22)20(14-17)29(26,27)24-10-12-28-13-11-24/h4-9,14-15H,3,10-13H2,1-2H3,(H,23,25)/t15-/m1/s1. The van der Waals surface area contributed by atoms with E-state index in [-0.39, 0.29) is 31.9 Å². The number of carbonyl (C=O) groups is 1. The van der Waals surface area contributed by atoms with Crippen LogP contribution in [0.3, 0.4) is 0 Å². The van der Waals surface area contributed by atoms with Gasteiger partial charge in [0.2, 0.25) is 10.0 Å². The molecule has 0 unspecified atom stereocenters. The first-order valence-corrected chi connectivity index (χ1v) is 11.1. The van der Waals surface area contributed by atoms with Crippen LogP contribution in [0.4, 0.5) is 10.1 Å². The van der Waals surface area contributed by atoms with Crippen LogP contribution in [0.2, 0.25) is 0 Å². The van der Waals surface area contributed by atoms with E-state index in [1.54, 1.807) is 12.1 Å².